The molecule has 0 saturated carbocycles. The zero-order chi connectivity index (χ0) is 12.3. The van der Waals surface area contributed by atoms with Crippen molar-refractivity contribution in [3.63, 3.8) is 0 Å². The van der Waals surface area contributed by atoms with Crippen molar-refractivity contribution in [2.75, 3.05) is 0 Å². The molecule has 1 rings (SSSR count). The normalized spacial score (nSPS) is 9.69. The van der Waals surface area contributed by atoms with Crippen LogP contribution in [0.3, 0.4) is 0 Å². The van der Waals surface area contributed by atoms with Gasteiger partial charge in [0.05, 0.1) is 5.56 Å². The Kier molecular flexibility index (Phi) is 3.61. The summed E-state index contributed by atoms with van der Waals surface area (Å²) in [6.45, 7) is 8.35. The number of carbonyl (C=O) groups is 2. The lowest BCUT2D eigenvalue weighted by Crippen LogP contribution is -2.11. The summed E-state index contributed by atoms with van der Waals surface area (Å²) >= 11 is 0. The van der Waals surface area contributed by atoms with E-state index >= 15 is 0 Å². The molecule has 1 aromatic carbocycles. The number of hydrogen-bond donors (Lipinski definition) is 0. The predicted molar refractivity (Wildman–Crippen MR) is 61.6 cm³/mol. The van der Waals surface area contributed by atoms with E-state index in [-0.39, 0.29) is 11.5 Å². The molecular weight excluding hydrogens is 204 g/mol. The van der Waals surface area contributed by atoms with Gasteiger partial charge < -0.3 is 4.74 Å². The number of Topliss-reactive ketones (excluding diaryl/α,β-unsaturated/α-hetero) is 1. The molecule has 84 valence electrons. The highest BCUT2D eigenvalue weighted by molar-refractivity contribution is 5.98. The first-order chi connectivity index (χ1) is 7.41. The second-order valence-electron chi connectivity index (χ2n) is 3.73. The minimum absolute atomic E-state index is 0.131. The number of carbonyl (C=O) groups excluding carboxylic acids is 2. The first-order valence-electron chi connectivity index (χ1n) is 4.91. The highest BCUT2D eigenvalue weighted by Crippen LogP contribution is 2.21. The van der Waals surface area contributed by atoms with Crippen LogP contribution in [-0.2, 0) is 4.79 Å². The van der Waals surface area contributed by atoms with Crippen molar-refractivity contribution in [2.24, 2.45) is 0 Å². The molecule has 0 atom stereocenters. The Balaban J connectivity index is 3.09. The van der Waals surface area contributed by atoms with Crippen LogP contribution >= 0.6 is 0 Å². The number of aryl methyl sites for hydroxylation is 1. The van der Waals surface area contributed by atoms with Gasteiger partial charge in [-0.3, -0.25) is 4.79 Å². The first kappa shape index (κ1) is 12.2. The van der Waals surface area contributed by atoms with Crippen LogP contribution in [0, 0.1) is 6.92 Å². The lowest BCUT2D eigenvalue weighted by molar-refractivity contribution is -0.130. The number of rotatable bonds is 3. The maximum atomic E-state index is 11.4. The van der Waals surface area contributed by atoms with E-state index in [1.54, 1.807) is 25.1 Å². The van der Waals surface area contributed by atoms with Gasteiger partial charge in [0.25, 0.3) is 0 Å². The monoisotopic (exact) mass is 218 g/mol. The largest absolute Gasteiger partial charge is 0.422 e. The van der Waals surface area contributed by atoms with E-state index in [1.807, 2.05) is 6.92 Å². The summed E-state index contributed by atoms with van der Waals surface area (Å²) in [5.41, 5.74) is 1.66. The van der Waals surface area contributed by atoms with Crippen LogP contribution in [0.1, 0.15) is 29.8 Å². The molecule has 0 saturated heterocycles. The average molecular weight is 218 g/mol. The van der Waals surface area contributed by atoms with E-state index in [4.69, 9.17) is 4.74 Å². The fourth-order valence-corrected chi connectivity index (χ4v) is 1.19. The molecule has 0 amide bonds. The van der Waals surface area contributed by atoms with Crippen molar-refractivity contribution in [3.8, 4) is 5.75 Å². The van der Waals surface area contributed by atoms with Gasteiger partial charge in [-0.1, -0.05) is 18.2 Å². The molecule has 0 fully saturated rings. The fourth-order valence-electron chi connectivity index (χ4n) is 1.19. The van der Waals surface area contributed by atoms with E-state index in [1.165, 1.54) is 6.92 Å². The Morgan fingerprint density at radius 3 is 2.38 bits per heavy atom. The second-order valence-corrected chi connectivity index (χ2v) is 3.73. The molecule has 3 nitrogen and oxygen atoms in total. The Hall–Kier alpha value is -1.90. The Morgan fingerprint density at radius 2 is 1.88 bits per heavy atom. The lowest BCUT2D eigenvalue weighted by atomic mass is 10.1. The van der Waals surface area contributed by atoms with Crippen molar-refractivity contribution in [3.05, 3.63) is 41.5 Å². The molecule has 0 radical (unpaired) electrons. The van der Waals surface area contributed by atoms with E-state index in [0.29, 0.717) is 11.1 Å². The highest BCUT2D eigenvalue weighted by atomic mass is 16.5. The number of ether oxygens (including phenoxy) is 1. The number of esters is 1. The van der Waals surface area contributed by atoms with Crippen LogP contribution in [0.4, 0.5) is 0 Å². The van der Waals surface area contributed by atoms with Gasteiger partial charge in [0, 0.05) is 5.57 Å². The van der Waals surface area contributed by atoms with Gasteiger partial charge in [0.1, 0.15) is 5.75 Å². The molecule has 0 spiro atoms. The van der Waals surface area contributed by atoms with Crippen LogP contribution in [0.2, 0.25) is 0 Å². The molecule has 1 aromatic rings. The van der Waals surface area contributed by atoms with Gasteiger partial charge >= 0.3 is 5.97 Å². The van der Waals surface area contributed by atoms with Crippen LogP contribution in [0.25, 0.3) is 0 Å². The van der Waals surface area contributed by atoms with Crippen molar-refractivity contribution >= 4 is 11.8 Å². The third kappa shape index (κ3) is 2.79. The molecule has 0 unspecified atom stereocenters. The maximum Gasteiger partial charge on any atom is 0.338 e. The van der Waals surface area contributed by atoms with Gasteiger partial charge in [-0.15, -0.1) is 0 Å². The minimum atomic E-state index is -0.522. The molecule has 3 heteroatoms. The molecule has 0 aliphatic carbocycles. The van der Waals surface area contributed by atoms with Gasteiger partial charge in [-0.2, -0.15) is 0 Å². The van der Waals surface area contributed by atoms with Crippen LogP contribution in [0.5, 0.6) is 5.75 Å². The minimum Gasteiger partial charge on any atom is -0.422 e. The van der Waals surface area contributed by atoms with E-state index in [2.05, 4.69) is 6.58 Å². The third-order valence-electron chi connectivity index (χ3n) is 2.07. The van der Waals surface area contributed by atoms with E-state index in [0.717, 1.165) is 5.56 Å². The molecule has 0 aromatic heterocycles. The summed E-state index contributed by atoms with van der Waals surface area (Å²) in [4.78, 5) is 22.7. The van der Waals surface area contributed by atoms with Crippen molar-refractivity contribution in [2.45, 2.75) is 20.8 Å². The molecule has 0 aliphatic rings. The zero-order valence-electron chi connectivity index (χ0n) is 9.66. The summed E-state index contributed by atoms with van der Waals surface area (Å²) < 4.78 is 5.06. The summed E-state index contributed by atoms with van der Waals surface area (Å²) in [6.07, 6.45) is 0. The second kappa shape index (κ2) is 4.75. The van der Waals surface area contributed by atoms with Crippen LogP contribution in [0.15, 0.2) is 30.4 Å². The summed E-state index contributed by atoms with van der Waals surface area (Å²) in [5, 5.41) is 0. The Morgan fingerprint density at radius 1 is 1.25 bits per heavy atom. The predicted octanol–water partition coefficient (Wildman–Crippen LogP) is 2.68. The summed E-state index contributed by atoms with van der Waals surface area (Å²) in [7, 11) is 0. The van der Waals surface area contributed by atoms with Gasteiger partial charge in [-0.25, -0.2) is 4.79 Å². The molecule has 0 N–H and O–H groups in total. The third-order valence-corrected chi connectivity index (χ3v) is 2.07. The van der Waals surface area contributed by atoms with Gasteiger partial charge in [0.2, 0.25) is 0 Å². The number of hydrogen-bond acceptors (Lipinski definition) is 3. The van der Waals surface area contributed by atoms with E-state index in [9.17, 15) is 9.59 Å². The van der Waals surface area contributed by atoms with E-state index < -0.39 is 5.97 Å². The Bertz CT molecular complexity index is 458. The summed E-state index contributed by atoms with van der Waals surface area (Å²) in [6, 6.07) is 5.10. The summed E-state index contributed by atoms with van der Waals surface area (Å²) in [5.74, 6) is -0.370. The SMILES string of the molecule is C=C(C)C(=O)Oc1ccc(C)cc1C(C)=O. The smallest absolute Gasteiger partial charge is 0.338 e. The van der Waals surface area contributed by atoms with Crippen molar-refractivity contribution in [1.29, 1.82) is 0 Å². The highest BCUT2D eigenvalue weighted by Gasteiger charge is 2.12. The standard InChI is InChI=1S/C13H14O3/c1-8(2)13(15)16-12-6-5-9(3)7-11(12)10(4)14/h5-7H,1H2,2-4H3. The molecular formula is C13H14O3. The quantitative estimate of drug-likeness (QED) is 0.339. The first-order valence-corrected chi connectivity index (χ1v) is 4.91. The number of ketones is 1. The maximum absolute atomic E-state index is 11.4. The van der Waals surface area contributed by atoms with Gasteiger partial charge in [0.15, 0.2) is 5.78 Å². The van der Waals surface area contributed by atoms with Crippen LogP contribution < -0.4 is 4.74 Å². The molecule has 16 heavy (non-hydrogen) atoms. The average Bonchev–Trinajstić information content (AvgIpc) is 2.20. The molecule has 0 bridgehead atoms. The molecule has 0 heterocycles. The lowest BCUT2D eigenvalue weighted by Gasteiger charge is -2.08. The molecule has 0 aliphatic heterocycles. The van der Waals surface area contributed by atoms with Crippen molar-refractivity contribution in [1.82, 2.24) is 0 Å². The Labute approximate surface area is 94.7 Å². The zero-order valence-corrected chi connectivity index (χ0v) is 9.66. The van der Waals surface area contributed by atoms with Crippen molar-refractivity contribution < 1.29 is 14.3 Å². The fraction of sp³-hybridized carbons (Fsp3) is 0.231. The number of benzene rings is 1. The van der Waals surface area contributed by atoms with Crippen LogP contribution in [-0.4, -0.2) is 11.8 Å². The van der Waals surface area contributed by atoms with Gasteiger partial charge in [-0.05, 0) is 32.9 Å². The topological polar surface area (TPSA) is 43.4 Å².